The van der Waals surface area contributed by atoms with E-state index in [1.807, 2.05) is 24.3 Å². The minimum atomic E-state index is -0.739. The molecule has 1 heterocycles. The van der Waals surface area contributed by atoms with Gasteiger partial charge in [-0.15, -0.1) is 0 Å². The number of pyridine rings is 1. The first-order chi connectivity index (χ1) is 15.9. The number of aliphatic hydroxyl groups is 1. The maximum Gasteiger partial charge on any atom is 0.273 e. The fraction of sp³-hybridized carbons (Fsp3) is 0.208. The summed E-state index contributed by atoms with van der Waals surface area (Å²) >= 11 is 6.20. The lowest BCUT2D eigenvalue weighted by atomic mass is 10.0. The number of ether oxygens (including phenoxy) is 1. The zero-order valence-electron chi connectivity index (χ0n) is 17.7. The lowest BCUT2D eigenvalue weighted by molar-refractivity contribution is 0.295. The van der Waals surface area contributed by atoms with E-state index in [0.717, 1.165) is 28.8 Å². The van der Waals surface area contributed by atoms with Crippen molar-refractivity contribution in [2.45, 2.75) is 13.2 Å². The van der Waals surface area contributed by atoms with Gasteiger partial charge in [0.15, 0.2) is 0 Å². The van der Waals surface area contributed by atoms with Crippen molar-refractivity contribution in [2.24, 2.45) is 5.73 Å². The molecule has 0 fully saturated rings. The third-order valence-corrected chi connectivity index (χ3v) is 5.27. The molecule has 174 valence electrons. The van der Waals surface area contributed by atoms with Gasteiger partial charge in [-0.05, 0) is 47.2 Å². The van der Waals surface area contributed by atoms with Crippen molar-refractivity contribution in [1.29, 1.82) is 0 Å². The fourth-order valence-electron chi connectivity index (χ4n) is 3.19. The number of nitrogens with one attached hydrogen (secondary N) is 1. The quantitative estimate of drug-likeness (QED) is 0.391. The Hall–Kier alpha value is -3.20. The first kappa shape index (κ1) is 24.4. The summed E-state index contributed by atoms with van der Waals surface area (Å²) in [6, 6.07) is 12.3. The van der Waals surface area contributed by atoms with Gasteiger partial charge in [-0.3, -0.25) is 4.79 Å². The van der Waals surface area contributed by atoms with Gasteiger partial charge in [0.2, 0.25) is 0 Å². The molecule has 0 aliphatic heterocycles. The SMILES string of the molecule is N/C=C(/CNCCO)c1cccc(Cn2ccc(OCc3ccc(F)cc3F)c(Cl)c2=O)c1. The zero-order valence-corrected chi connectivity index (χ0v) is 18.5. The molecular weight excluding hydrogens is 452 g/mol. The second-order valence-corrected chi connectivity index (χ2v) is 7.62. The van der Waals surface area contributed by atoms with Crippen molar-refractivity contribution >= 4 is 17.2 Å². The van der Waals surface area contributed by atoms with Crippen LogP contribution in [0, 0.1) is 11.6 Å². The Morgan fingerprint density at radius 3 is 2.76 bits per heavy atom. The molecule has 0 aliphatic rings. The number of hydrogen-bond acceptors (Lipinski definition) is 5. The van der Waals surface area contributed by atoms with Crippen LogP contribution in [-0.4, -0.2) is 29.4 Å². The van der Waals surface area contributed by atoms with E-state index in [2.05, 4.69) is 5.32 Å². The van der Waals surface area contributed by atoms with Crippen LogP contribution in [0.25, 0.3) is 5.57 Å². The highest BCUT2D eigenvalue weighted by Gasteiger charge is 2.12. The number of nitrogens with zero attached hydrogens (tertiary/aromatic N) is 1. The second kappa shape index (κ2) is 11.6. The van der Waals surface area contributed by atoms with Gasteiger partial charge < -0.3 is 25.5 Å². The number of rotatable bonds is 10. The molecule has 33 heavy (non-hydrogen) atoms. The second-order valence-electron chi connectivity index (χ2n) is 7.24. The first-order valence-corrected chi connectivity index (χ1v) is 10.6. The lowest BCUT2D eigenvalue weighted by Gasteiger charge is -2.13. The molecule has 0 atom stereocenters. The summed E-state index contributed by atoms with van der Waals surface area (Å²) in [7, 11) is 0. The van der Waals surface area contributed by atoms with E-state index in [1.165, 1.54) is 22.9 Å². The highest BCUT2D eigenvalue weighted by molar-refractivity contribution is 6.31. The van der Waals surface area contributed by atoms with Gasteiger partial charge in [-0.1, -0.05) is 29.8 Å². The molecule has 0 bridgehead atoms. The van der Waals surface area contributed by atoms with Crippen LogP contribution in [0.15, 0.2) is 65.7 Å². The smallest absolute Gasteiger partial charge is 0.273 e. The number of halogens is 3. The molecule has 4 N–H and O–H groups in total. The summed E-state index contributed by atoms with van der Waals surface area (Å²) < 4.78 is 33.8. The highest BCUT2D eigenvalue weighted by atomic mass is 35.5. The van der Waals surface area contributed by atoms with Crippen LogP contribution >= 0.6 is 11.6 Å². The molecule has 9 heteroatoms. The van der Waals surface area contributed by atoms with Gasteiger partial charge in [0, 0.05) is 30.9 Å². The third-order valence-electron chi connectivity index (χ3n) is 4.93. The predicted octanol–water partition coefficient (Wildman–Crippen LogP) is 3.29. The van der Waals surface area contributed by atoms with Crippen molar-refractivity contribution in [3.8, 4) is 5.75 Å². The zero-order chi connectivity index (χ0) is 23.8. The van der Waals surface area contributed by atoms with Gasteiger partial charge in [0.05, 0.1) is 13.2 Å². The van der Waals surface area contributed by atoms with E-state index >= 15 is 0 Å². The summed E-state index contributed by atoms with van der Waals surface area (Å²) in [6.45, 7) is 1.04. The van der Waals surface area contributed by atoms with Crippen molar-refractivity contribution < 1.29 is 18.6 Å². The van der Waals surface area contributed by atoms with Gasteiger partial charge in [0.1, 0.15) is 29.0 Å². The average molecular weight is 476 g/mol. The van der Waals surface area contributed by atoms with Crippen LogP contribution in [0.4, 0.5) is 8.78 Å². The molecule has 3 rings (SSSR count). The molecule has 0 radical (unpaired) electrons. The van der Waals surface area contributed by atoms with Gasteiger partial charge in [-0.25, -0.2) is 8.78 Å². The minimum absolute atomic E-state index is 0.0279. The minimum Gasteiger partial charge on any atom is -0.487 e. The number of aromatic nitrogens is 1. The number of aliphatic hydroxyl groups excluding tert-OH is 1. The maximum absolute atomic E-state index is 13.8. The van der Waals surface area contributed by atoms with Crippen molar-refractivity contribution in [1.82, 2.24) is 9.88 Å². The maximum atomic E-state index is 13.8. The van der Waals surface area contributed by atoms with E-state index in [9.17, 15) is 13.6 Å². The highest BCUT2D eigenvalue weighted by Crippen LogP contribution is 2.22. The van der Waals surface area contributed by atoms with E-state index in [1.54, 1.807) is 6.20 Å². The van der Waals surface area contributed by atoms with E-state index in [-0.39, 0.29) is 36.1 Å². The van der Waals surface area contributed by atoms with Gasteiger partial charge in [0.25, 0.3) is 5.56 Å². The number of nitrogens with two attached hydrogens (primary N) is 1. The fourth-order valence-corrected chi connectivity index (χ4v) is 3.41. The van der Waals surface area contributed by atoms with Gasteiger partial charge >= 0.3 is 0 Å². The molecule has 1 aromatic heterocycles. The molecule has 0 saturated heterocycles. The summed E-state index contributed by atoms with van der Waals surface area (Å²) in [5.41, 5.74) is 8.03. The van der Waals surface area contributed by atoms with Crippen LogP contribution in [-0.2, 0) is 13.2 Å². The molecule has 0 saturated carbocycles. The largest absolute Gasteiger partial charge is 0.487 e. The Morgan fingerprint density at radius 1 is 1.21 bits per heavy atom. The monoisotopic (exact) mass is 475 g/mol. The molecule has 0 unspecified atom stereocenters. The Morgan fingerprint density at radius 2 is 2.03 bits per heavy atom. The molecule has 0 amide bonds. The Bertz CT molecular complexity index is 1200. The van der Waals surface area contributed by atoms with Crippen LogP contribution in [0.5, 0.6) is 5.75 Å². The topological polar surface area (TPSA) is 89.5 Å². The van der Waals surface area contributed by atoms with Crippen LogP contribution in [0.2, 0.25) is 5.02 Å². The van der Waals surface area contributed by atoms with Crippen molar-refractivity contribution in [3.05, 3.63) is 105 Å². The van der Waals surface area contributed by atoms with Crippen molar-refractivity contribution in [2.75, 3.05) is 19.7 Å². The van der Waals surface area contributed by atoms with E-state index < -0.39 is 17.2 Å². The van der Waals surface area contributed by atoms with Gasteiger partial charge in [-0.2, -0.15) is 0 Å². The third kappa shape index (κ3) is 6.41. The summed E-state index contributed by atoms with van der Waals surface area (Å²) in [4.78, 5) is 12.7. The summed E-state index contributed by atoms with van der Waals surface area (Å²) in [6.07, 6.45) is 3.04. The molecule has 0 aliphatic carbocycles. The molecule has 3 aromatic rings. The normalized spacial score (nSPS) is 11.6. The van der Waals surface area contributed by atoms with E-state index in [4.69, 9.17) is 27.2 Å². The molecule has 6 nitrogen and oxygen atoms in total. The van der Waals surface area contributed by atoms with Crippen molar-refractivity contribution in [3.63, 3.8) is 0 Å². The first-order valence-electron chi connectivity index (χ1n) is 10.2. The number of benzene rings is 2. The number of hydrogen-bond donors (Lipinski definition) is 3. The lowest BCUT2D eigenvalue weighted by Crippen LogP contribution is -2.22. The Balaban J connectivity index is 1.73. The van der Waals surface area contributed by atoms with Crippen LogP contribution in [0.3, 0.4) is 0 Å². The Labute approximate surface area is 194 Å². The summed E-state index contributed by atoms with van der Waals surface area (Å²) in [5.74, 6) is -1.31. The van der Waals surface area contributed by atoms with E-state index in [0.29, 0.717) is 13.1 Å². The summed E-state index contributed by atoms with van der Waals surface area (Å²) in [5, 5.41) is 11.9. The Kier molecular flexibility index (Phi) is 8.59. The standard InChI is InChI=1S/C24H24ClF2N3O3/c25-23-22(33-15-18-4-5-20(26)11-21(18)27)6-8-30(24(23)32)14-16-2-1-3-17(10-16)19(12-28)13-29-7-9-31/h1-6,8,10-12,29,31H,7,9,13-15,28H2/b19-12-. The van der Waals surface area contributed by atoms with Crippen LogP contribution in [0.1, 0.15) is 16.7 Å². The van der Waals surface area contributed by atoms with Crippen LogP contribution < -0.4 is 21.3 Å². The average Bonchev–Trinajstić information content (AvgIpc) is 2.80. The predicted molar refractivity (Wildman–Crippen MR) is 124 cm³/mol. The molecule has 2 aromatic carbocycles. The molecule has 0 spiro atoms. The molecular formula is C24H24ClF2N3O3.